The summed E-state index contributed by atoms with van der Waals surface area (Å²) in [6.07, 6.45) is 13.0. The molecule has 0 saturated heterocycles. The zero-order valence-electron chi connectivity index (χ0n) is 16.7. The Bertz CT molecular complexity index is 464. The fourth-order valence-corrected chi connectivity index (χ4v) is 2.96. The van der Waals surface area contributed by atoms with Crippen molar-refractivity contribution in [3.05, 3.63) is 0 Å². The van der Waals surface area contributed by atoms with Crippen LogP contribution >= 0.6 is 0 Å². The van der Waals surface area contributed by atoms with Gasteiger partial charge in [0.25, 0.3) is 0 Å². The second-order valence-electron chi connectivity index (χ2n) is 7.48. The van der Waals surface area contributed by atoms with E-state index in [0.717, 1.165) is 17.4 Å². The van der Waals surface area contributed by atoms with Crippen LogP contribution in [0.25, 0.3) is 0 Å². The van der Waals surface area contributed by atoms with Crippen LogP contribution < -0.4 is 0 Å². The topological polar surface area (TPSA) is 89.9 Å². The van der Waals surface area contributed by atoms with Crippen LogP contribution in [0.4, 0.5) is 0 Å². The number of carbonyl (C=O) groups is 1. The van der Waals surface area contributed by atoms with E-state index in [0.29, 0.717) is 6.54 Å². The van der Waals surface area contributed by atoms with Gasteiger partial charge in [-0.1, -0.05) is 58.3 Å². The first kappa shape index (κ1) is 25.3. The van der Waals surface area contributed by atoms with Crippen molar-refractivity contribution in [2.45, 2.75) is 71.1 Å². The molecule has 0 fully saturated rings. The fourth-order valence-electron chi connectivity index (χ4n) is 2.71. The van der Waals surface area contributed by atoms with Crippen LogP contribution in [0.1, 0.15) is 71.1 Å². The first-order valence-corrected chi connectivity index (χ1v) is 11.1. The van der Waals surface area contributed by atoms with Crippen LogP contribution in [0.3, 0.4) is 0 Å². The summed E-state index contributed by atoms with van der Waals surface area (Å²) < 4.78 is 38.7. The van der Waals surface area contributed by atoms with Gasteiger partial charge < -0.3 is 9.22 Å². The Kier molecular flexibility index (Phi) is 14.0. The Balaban J connectivity index is 3.59. The van der Waals surface area contributed by atoms with E-state index in [1.54, 1.807) is 0 Å². The zero-order valence-corrected chi connectivity index (χ0v) is 17.6. The van der Waals surface area contributed by atoms with E-state index in [2.05, 4.69) is 25.2 Å². The van der Waals surface area contributed by atoms with Crippen molar-refractivity contribution in [1.29, 1.82) is 0 Å². The number of hydrogen-bond acceptors (Lipinski definition) is 5. The van der Waals surface area contributed by atoms with E-state index in [4.69, 9.17) is 9.29 Å². The molecule has 0 aromatic carbocycles. The average molecular weight is 397 g/mol. The summed E-state index contributed by atoms with van der Waals surface area (Å²) in [5, 5.41) is 0. The van der Waals surface area contributed by atoms with Crippen molar-refractivity contribution in [2.75, 3.05) is 40.4 Å². The summed E-state index contributed by atoms with van der Waals surface area (Å²) in [6.45, 7) is 3.29. The van der Waals surface area contributed by atoms with Gasteiger partial charge in [0, 0.05) is 0 Å². The highest BCUT2D eigenvalue weighted by Gasteiger charge is 2.16. The van der Waals surface area contributed by atoms with Crippen LogP contribution in [-0.2, 0) is 24.1 Å². The summed E-state index contributed by atoms with van der Waals surface area (Å²) >= 11 is 0. The Morgan fingerprint density at radius 2 is 1.38 bits per heavy atom. The van der Waals surface area contributed by atoms with Crippen molar-refractivity contribution in [1.82, 2.24) is 0 Å². The van der Waals surface area contributed by atoms with E-state index in [-0.39, 0.29) is 6.61 Å². The maximum atomic E-state index is 11.3. The molecule has 0 aliphatic rings. The minimum atomic E-state index is -4.61. The summed E-state index contributed by atoms with van der Waals surface area (Å²) in [4.78, 5) is 11.3. The van der Waals surface area contributed by atoms with Crippen molar-refractivity contribution in [3.8, 4) is 0 Å². The smallest absolute Gasteiger partial charge is 0.397 e. The third-order valence-electron chi connectivity index (χ3n) is 4.40. The van der Waals surface area contributed by atoms with E-state index in [9.17, 15) is 13.2 Å². The van der Waals surface area contributed by atoms with Gasteiger partial charge >= 0.3 is 16.4 Å². The molecular weight excluding hydrogens is 358 g/mol. The second kappa shape index (κ2) is 14.4. The maximum Gasteiger partial charge on any atom is 0.397 e. The molecule has 0 saturated carbocycles. The van der Waals surface area contributed by atoms with E-state index >= 15 is 0 Å². The quantitative estimate of drug-likeness (QED) is 0.175. The Hall–Kier alpha value is -0.700. The van der Waals surface area contributed by atoms with Gasteiger partial charge in [-0.05, 0) is 12.8 Å². The highest BCUT2D eigenvalue weighted by molar-refractivity contribution is 7.80. The van der Waals surface area contributed by atoms with Crippen molar-refractivity contribution < 1.29 is 31.2 Å². The van der Waals surface area contributed by atoms with E-state index in [1.165, 1.54) is 57.8 Å². The molecule has 0 bridgehead atoms. The van der Waals surface area contributed by atoms with Crippen molar-refractivity contribution in [3.63, 3.8) is 0 Å². The van der Waals surface area contributed by atoms with Crippen LogP contribution in [0, 0.1) is 0 Å². The monoisotopic (exact) mass is 396 g/mol. The molecular formula is C18H38NO6S+. The number of quaternary nitrogens is 1. The van der Waals surface area contributed by atoms with Crippen LogP contribution in [0.5, 0.6) is 0 Å². The molecule has 1 N–H and O–H groups in total. The van der Waals surface area contributed by atoms with Gasteiger partial charge in [-0.3, -0.25) is 4.55 Å². The number of nitrogens with zero attached hydrogens (tertiary/aromatic N) is 1. The molecule has 0 aliphatic carbocycles. The second-order valence-corrected chi connectivity index (χ2v) is 8.57. The van der Waals surface area contributed by atoms with Gasteiger partial charge in [0.2, 0.25) is 0 Å². The number of unbranched alkanes of at least 4 members (excludes halogenated alkanes) is 9. The van der Waals surface area contributed by atoms with Gasteiger partial charge in [0.15, 0.2) is 6.61 Å². The van der Waals surface area contributed by atoms with Crippen molar-refractivity contribution in [2.24, 2.45) is 0 Å². The van der Waals surface area contributed by atoms with E-state index < -0.39 is 23.0 Å². The highest BCUT2D eigenvalue weighted by atomic mass is 32.3. The molecule has 0 unspecified atom stereocenters. The van der Waals surface area contributed by atoms with Crippen LogP contribution in [-0.4, -0.2) is 63.8 Å². The zero-order chi connectivity index (χ0) is 19.9. The van der Waals surface area contributed by atoms with Gasteiger partial charge in [0.05, 0.1) is 20.6 Å². The van der Waals surface area contributed by atoms with Crippen LogP contribution in [0.15, 0.2) is 0 Å². The van der Waals surface area contributed by atoms with Gasteiger partial charge in [-0.15, -0.1) is 0 Å². The number of likely N-dealkylation sites (N-methyl/N-ethyl adjacent to an activating group) is 1. The molecule has 26 heavy (non-hydrogen) atoms. The summed E-state index contributed by atoms with van der Waals surface area (Å²) in [5.41, 5.74) is 0. The SMILES string of the molecule is CCCCCCCCCCCC[N+](C)(C)CCOC(=O)COS(=O)(=O)O. The maximum absolute atomic E-state index is 11.3. The van der Waals surface area contributed by atoms with Crippen molar-refractivity contribution >= 4 is 16.4 Å². The predicted octanol–water partition coefficient (Wildman–Crippen LogP) is 3.35. The summed E-state index contributed by atoms with van der Waals surface area (Å²) in [7, 11) is -0.446. The average Bonchev–Trinajstić information content (AvgIpc) is 2.54. The minimum Gasteiger partial charge on any atom is -0.458 e. The number of ether oxygens (including phenoxy) is 1. The van der Waals surface area contributed by atoms with Gasteiger partial charge in [0.1, 0.15) is 13.2 Å². The molecule has 0 atom stereocenters. The molecule has 0 spiro atoms. The molecule has 0 aromatic heterocycles. The third-order valence-corrected chi connectivity index (χ3v) is 4.82. The van der Waals surface area contributed by atoms with Gasteiger partial charge in [-0.25, -0.2) is 8.98 Å². The largest absolute Gasteiger partial charge is 0.458 e. The minimum absolute atomic E-state index is 0.193. The first-order chi connectivity index (χ1) is 12.2. The fraction of sp³-hybridized carbons (Fsp3) is 0.944. The Morgan fingerprint density at radius 1 is 0.885 bits per heavy atom. The normalized spacial score (nSPS) is 12.3. The number of carbonyl (C=O) groups excluding carboxylic acids is 1. The first-order valence-electron chi connectivity index (χ1n) is 9.76. The molecule has 0 amide bonds. The Labute approximate surface area is 159 Å². The van der Waals surface area contributed by atoms with E-state index in [1.807, 2.05) is 0 Å². The standard InChI is InChI=1S/C18H37NO6S/c1-4-5-6-7-8-9-10-11-12-13-14-19(2,3)15-16-24-18(20)17-25-26(21,22)23/h4-17H2,1-3H3/p+1. The summed E-state index contributed by atoms with van der Waals surface area (Å²) in [5.74, 6) is -0.804. The molecule has 0 rings (SSSR count). The third kappa shape index (κ3) is 18.1. The predicted molar refractivity (Wildman–Crippen MR) is 102 cm³/mol. The molecule has 0 heterocycles. The lowest BCUT2D eigenvalue weighted by atomic mass is 10.1. The lowest BCUT2D eigenvalue weighted by molar-refractivity contribution is -0.890. The number of hydrogen-bond donors (Lipinski definition) is 1. The Morgan fingerprint density at radius 3 is 1.88 bits per heavy atom. The molecule has 0 radical (unpaired) electrons. The molecule has 0 aliphatic heterocycles. The molecule has 7 nitrogen and oxygen atoms in total. The van der Waals surface area contributed by atoms with Gasteiger partial charge in [-0.2, -0.15) is 8.42 Å². The highest BCUT2D eigenvalue weighted by Crippen LogP contribution is 2.11. The molecule has 8 heteroatoms. The number of rotatable bonds is 17. The summed E-state index contributed by atoms with van der Waals surface area (Å²) in [6, 6.07) is 0. The molecule has 156 valence electrons. The number of esters is 1. The lowest BCUT2D eigenvalue weighted by Crippen LogP contribution is -2.43. The lowest BCUT2D eigenvalue weighted by Gasteiger charge is -2.29. The molecule has 0 aromatic rings. The van der Waals surface area contributed by atoms with Crippen LogP contribution in [0.2, 0.25) is 0 Å².